The number of hydrogen-bond donors (Lipinski definition) is 0. The molecule has 0 aliphatic carbocycles. The maximum Gasteiger partial charge on any atom is 0.232 e. The van der Waals surface area contributed by atoms with Crippen molar-refractivity contribution in [1.82, 2.24) is 9.97 Å². The first kappa shape index (κ1) is 12.6. The van der Waals surface area contributed by atoms with Crippen molar-refractivity contribution in [3.63, 3.8) is 0 Å². The highest BCUT2D eigenvalue weighted by molar-refractivity contribution is 5.64. The summed E-state index contributed by atoms with van der Waals surface area (Å²) in [5.41, 5.74) is 0. The number of hydrogen-bond acceptors (Lipinski definition) is 6. The smallest absolute Gasteiger partial charge is 0.232 e. The van der Waals surface area contributed by atoms with Gasteiger partial charge in [-0.05, 0) is 19.3 Å². The van der Waals surface area contributed by atoms with Gasteiger partial charge in [0.25, 0.3) is 0 Å². The maximum absolute atomic E-state index is 11.1. The molecule has 0 amide bonds. The van der Waals surface area contributed by atoms with Gasteiger partial charge in [0.1, 0.15) is 6.29 Å². The second kappa shape index (κ2) is 5.66. The summed E-state index contributed by atoms with van der Waals surface area (Å²) in [4.78, 5) is 21.5. The number of carbonyl (C=O) groups is 1. The Kier molecular flexibility index (Phi) is 3.96. The average Bonchev–Trinajstić information content (AvgIpc) is 2.46. The lowest BCUT2D eigenvalue weighted by Gasteiger charge is -2.32. The summed E-state index contributed by atoms with van der Waals surface area (Å²) in [6.07, 6.45) is 3.88. The van der Waals surface area contributed by atoms with Gasteiger partial charge in [0.2, 0.25) is 17.7 Å². The van der Waals surface area contributed by atoms with Gasteiger partial charge in [-0.2, -0.15) is 9.97 Å². The van der Waals surface area contributed by atoms with Crippen molar-refractivity contribution in [3.8, 4) is 11.8 Å². The van der Waals surface area contributed by atoms with Gasteiger partial charge in [0, 0.05) is 6.54 Å². The Bertz CT molecular complexity index is 403. The van der Waals surface area contributed by atoms with E-state index in [0.29, 0.717) is 17.7 Å². The topological polar surface area (TPSA) is 64.6 Å². The van der Waals surface area contributed by atoms with Crippen molar-refractivity contribution in [2.24, 2.45) is 0 Å². The molecule has 0 radical (unpaired) electrons. The van der Waals surface area contributed by atoms with Crippen molar-refractivity contribution in [2.45, 2.75) is 25.3 Å². The van der Waals surface area contributed by atoms with Crippen LogP contribution in [0, 0.1) is 0 Å². The molecule has 1 saturated heterocycles. The van der Waals surface area contributed by atoms with Crippen molar-refractivity contribution in [3.05, 3.63) is 6.07 Å². The molecule has 0 saturated carbocycles. The summed E-state index contributed by atoms with van der Waals surface area (Å²) in [6, 6.07) is 1.46. The molecule has 1 aliphatic heterocycles. The number of aromatic nitrogens is 2. The molecule has 0 spiro atoms. The molecule has 0 bridgehead atoms. The molecule has 1 unspecified atom stereocenters. The van der Waals surface area contributed by atoms with E-state index in [1.165, 1.54) is 0 Å². The van der Waals surface area contributed by atoms with Gasteiger partial charge in [-0.15, -0.1) is 0 Å². The number of rotatable bonds is 4. The van der Waals surface area contributed by atoms with Gasteiger partial charge < -0.3 is 19.2 Å². The van der Waals surface area contributed by atoms with Gasteiger partial charge in [0.15, 0.2) is 0 Å². The van der Waals surface area contributed by atoms with Crippen LogP contribution in [0.15, 0.2) is 6.07 Å². The third kappa shape index (κ3) is 2.52. The van der Waals surface area contributed by atoms with Crippen LogP contribution in [0.2, 0.25) is 0 Å². The van der Waals surface area contributed by atoms with E-state index < -0.39 is 0 Å². The number of ether oxygens (including phenoxy) is 2. The minimum absolute atomic E-state index is 0.157. The minimum Gasteiger partial charge on any atom is -0.481 e. The monoisotopic (exact) mass is 251 g/mol. The highest BCUT2D eigenvalue weighted by Crippen LogP contribution is 2.25. The lowest BCUT2D eigenvalue weighted by Crippen LogP contribution is -2.41. The zero-order chi connectivity index (χ0) is 13.0. The van der Waals surface area contributed by atoms with E-state index in [1.807, 2.05) is 4.90 Å². The highest BCUT2D eigenvalue weighted by atomic mass is 16.5. The maximum atomic E-state index is 11.1. The Morgan fingerprint density at radius 1 is 1.28 bits per heavy atom. The standard InChI is InChI=1S/C12H17N3O3/c1-17-10-7-11(18-2)14-12(13-10)15-6-4-3-5-9(15)8-16/h7-9H,3-6H2,1-2H3. The Hall–Kier alpha value is -1.85. The average molecular weight is 251 g/mol. The predicted octanol–water partition coefficient (Wildman–Crippen LogP) is 1.05. The fourth-order valence-electron chi connectivity index (χ4n) is 2.08. The number of anilines is 1. The third-order valence-corrected chi connectivity index (χ3v) is 3.05. The summed E-state index contributed by atoms with van der Waals surface area (Å²) in [5.74, 6) is 1.36. The molecule has 1 aromatic rings. The Morgan fingerprint density at radius 3 is 2.50 bits per heavy atom. The van der Waals surface area contributed by atoms with Gasteiger partial charge >= 0.3 is 0 Å². The van der Waals surface area contributed by atoms with Crippen molar-refractivity contribution in [1.29, 1.82) is 0 Å². The van der Waals surface area contributed by atoms with Crippen LogP contribution >= 0.6 is 0 Å². The summed E-state index contributed by atoms with van der Waals surface area (Å²) in [5, 5.41) is 0. The largest absolute Gasteiger partial charge is 0.481 e. The Balaban J connectivity index is 2.32. The van der Waals surface area contributed by atoms with E-state index in [9.17, 15) is 4.79 Å². The van der Waals surface area contributed by atoms with Crippen LogP contribution < -0.4 is 14.4 Å². The van der Waals surface area contributed by atoms with Gasteiger partial charge in [-0.3, -0.25) is 0 Å². The zero-order valence-electron chi connectivity index (χ0n) is 10.6. The molecule has 1 fully saturated rings. The van der Waals surface area contributed by atoms with Crippen LogP contribution in [0.3, 0.4) is 0 Å². The van der Waals surface area contributed by atoms with Crippen LogP contribution in [-0.4, -0.2) is 43.1 Å². The zero-order valence-corrected chi connectivity index (χ0v) is 10.6. The van der Waals surface area contributed by atoms with Crippen molar-refractivity contribution >= 4 is 12.2 Å². The predicted molar refractivity (Wildman–Crippen MR) is 66.2 cm³/mol. The van der Waals surface area contributed by atoms with Crippen LogP contribution in [-0.2, 0) is 4.79 Å². The number of carbonyl (C=O) groups excluding carboxylic acids is 1. The van der Waals surface area contributed by atoms with E-state index in [2.05, 4.69) is 9.97 Å². The van der Waals surface area contributed by atoms with E-state index in [-0.39, 0.29) is 6.04 Å². The van der Waals surface area contributed by atoms with Crippen LogP contribution in [0.4, 0.5) is 5.95 Å². The van der Waals surface area contributed by atoms with Gasteiger partial charge in [-0.25, -0.2) is 0 Å². The first-order valence-corrected chi connectivity index (χ1v) is 5.97. The molecule has 2 rings (SSSR count). The van der Waals surface area contributed by atoms with E-state index in [4.69, 9.17) is 9.47 Å². The number of methoxy groups -OCH3 is 2. The third-order valence-electron chi connectivity index (χ3n) is 3.05. The second-order valence-corrected chi connectivity index (χ2v) is 4.15. The first-order chi connectivity index (χ1) is 8.78. The Labute approximate surface area is 106 Å². The number of nitrogens with zero attached hydrogens (tertiary/aromatic N) is 3. The lowest BCUT2D eigenvalue weighted by molar-refractivity contribution is -0.109. The highest BCUT2D eigenvalue weighted by Gasteiger charge is 2.25. The molecule has 0 N–H and O–H groups in total. The van der Waals surface area contributed by atoms with Crippen molar-refractivity contribution in [2.75, 3.05) is 25.7 Å². The molecule has 6 heteroatoms. The normalized spacial score (nSPS) is 19.4. The van der Waals surface area contributed by atoms with Crippen LogP contribution in [0.25, 0.3) is 0 Å². The molecular formula is C12H17N3O3. The number of aldehydes is 1. The van der Waals surface area contributed by atoms with E-state index in [0.717, 1.165) is 32.1 Å². The first-order valence-electron chi connectivity index (χ1n) is 5.97. The molecule has 0 aromatic carbocycles. The fraction of sp³-hybridized carbons (Fsp3) is 0.583. The molecule has 6 nitrogen and oxygen atoms in total. The Morgan fingerprint density at radius 2 is 1.94 bits per heavy atom. The molecule has 2 heterocycles. The summed E-state index contributed by atoms with van der Waals surface area (Å²) in [6.45, 7) is 0.778. The van der Waals surface area contributed by atoms with Crippen LogP contribution in [0.1, 0.15) is 19.3 Å². The van der Waals surface area contributed by atoms with E-state index >= 15 is 0 Å². The fourth-order valence-corrected chi connectivity index (χ4v) is 2.08. The lowest BCUT2D eigenvalue weighted by atomic mass is 10.0. The molecule has 1 atom stereocenters. The van der Waals surface area contributed by atoms with Gasteiger partial charge in [0.05, 0.1) is 26.3 Å². The minimum atomic E-state index is -0.157. The summed E-state index contributed by atoms with van der Waals surface area (Å²) < 4.78 is 10.2. The molecule has 1 aliphatic rings. The second-order valence-electron chi connectivity index (χ2n) is 4.15. The van der Waals surface area contributed by atoms with Crippen LogP contribution in [0.5, 0.6) is 11.8 Å². The van der Waals surface area contributed by atoms with Crippen molar-refractivity contribution < 1.29 is 14.3 Å². The molecule has 18 heavy (non-hydrogen) atoms. The number of piperidine rings is 1. The molecule has 98 valence electrons. The quantitative estimate of drug-likeness (QED) is 0.745. The van der Waals surface area contributed by atoms with E-state index in [1.54, 1.807) is 20.3 Å². The molecule has 1 aromatic heterocycles. The summed E-state index contributed by atoms with van der Waals surface area (Å²) >= 11 is 0. The molecular weight excluding hydrogens is 234 g/mol. The SMILES string of the molecule is COc1cc(OC)nc(N2CCCCC2C=O)n1. The van der Waals surface area contributed by atoms with Gasteiger partial charge in [-0.1, -0.05) is 0 Å². The summed E-state index contributed by atoms with van der Waals surface area (Å²) in [7, 11) is 3.08.